The number of rotatable bonds is 6. The fourth-order valence-corrected chi connectivity index (χ4v) is 4.09. The zero-order valence-electron chi connectivity index (χ0n) is 16.5. The molecule has 0 spiro atoms. The minimum atomic E-state index is -0.319. The molecule has 1 aliphatic heterocycles. The van der Waals surface area contributed by atoms with E-state index in [0.29, 0.717) is 60.6 Å². The minimum Gasteiger partial charge on any atom is -0.378 e. The summed E-state index contributed by atoms with van der Waals surface area (Å²) in [4.78, 5) is 6.56. The fourth-order valence-electron chi connectivity index (χ4n) is 3.30. The molecule has 0 amide bonds. The van der Waals surface area contributed by atoms with Crippen LogP contribution in [0, 0.1) is 5.82 Å². The highest BCUT2D eigenvalue weighted by Gasteiger charge is 2.22. The van der Waals surface area contributed by atoms with Crippen LogP contribution >= 0.6 is 11.8 Å². The summed E-state index contributed by atoms with van der Waals surface area (Å²) in [5, 5.41) is 13.4. The van der Waals surface area contributed by atoms with Gasteiger partial charge in [0.1, 0.15) is 5.82 Å². The lowest BCUT2D eigenvalue weighted by molar-refractivity contribution is 0.122. The van der Waals surface area contributed by atoms with E-state index in [9.17, 15) is 4.39 Å². The number of aromatic nitrogens is 5. The average Bonchev–Trinajstić information content (AvgIpc) is 3.46. The second-order valence-electron chi connectivity index (χ2n) is 6.87. The number of nitrogens with zero attached hydrogens (tertiary/aromatic N) is 6. The Labute approximate surface area is 182 Å². The van der Waals surface area contributed by atoms with Crippen molar-refractivity contribution in [3.8, 4) is 17.1 Å². The molecule has 2 aromatic carbocycles. The molecule has 8 nitrogen and oxygen atoms in total. The van der Waals surface area contributed by atoms with Gasteiger partial charge in [-0.1, -0.05) is 41.2 Å². The van der Waals surface area contributed by atoms with Crippen LogP contribution in [0.3, 0.4) is 0 Å². The monoisotopic (exact) mass is 438 g/mol. The third-order valence-corrected chi connectivity index (χ3v) is 5.72. The predicted octanol–water partition coefficient (Wildman–Crippen LogP) is 3.59. The highest BCUT2D eigenvalue weighted by atomic mass is 32.2. The van der Waals surface area contributed by atoms with Gasteiger partial charge in [-0.2, -0.15) is 4.98 Å². The maximum absolute atomic E-state index is 14.0. The molecular formula is C21H19FN6O2S. The Balaban J connectivity index is 1.41. The molecule has 1 saturated heterocycles. The molecule has 2 aromatic heterocycles. The van der Waals surface area contributed by atoms with Gasteiger partial charge in [0.15, 0.2) is 11.0 Å². The van der Waals surface area contributed by atoms with E-state index in [1.165, 1.54) is 23.9 Å². The number of ether oxygens (including phenoxy) is 1. The molecule has 5 rings (SSSR count). The van der Waals surface area contributed by atoms with Gasteiger partial charge in [0.2, 0.25) is 5.95 Å². The van der Waals surface area contributed by atoms with E-state index in [0.717, 1.165) is 5.56 Å². The van der Waals surface area contributed by atoms with Crippen LogP contribution in [-0.2, 0) is 10.5 Å². The van der Waals surface area contributed by atoms with Crippen molar-refractivity contribution in [2.75, 3.05) is 31.2 Å². The maximum atomic E-state index is 14.0. The molecule has 0 saturated carbocycles. The molecule has 31 heavy (non-hydrogen) atoms. The van der Waals surface area contributed by atoms with E-state index in [-0.39, 0.29) is 5.82 Å². The first kappa shape index (κ1) is 19.7. The van der Waals surface area contributed by atoms with Crippen molar-refractivity contribution < 1.29 is 13.7 Å². The Bertz CT molecular complexity index is 1160. The molecule has 1 aliphatic rings. The van der Waals surface area contributed by atoms with Crippen molar-refractivity contribution in [2.24, 2.45) is 0 Å². The van der Waals surface area contributed by atoms with Crippen LogP contribution < -0.4 is 4.90 Å². The first-order chi connectivity index (χ1) is 15.3. The third kappa shape index (κ3) is 4.30. The smallest absolute Gasteiger partial charge is 0.257 e. The number of halogens is 1. The highest BCUT2D eigenvalue weighted by molar-refractivity contribution is 7.98. The summed E-state index contributed by atoms with van der Waals surface area (Å²) in [5.41, 5.74) is 1.52. The van der Waals surface area contributed by atoms with Crippen LogP contribution in [0.1, 0.15) is 5.82 Å². The van der Waals surface area contributed by atoms with Crippen LogP contribution in [-0.4, -0.2) is 51.2 Å². The highest BCUT2D eigenvalue weighted by Crippen LogP contribution is 2.29. The molecule has 1 fully saturated rings. The van der Waals surface area contributed by atoms with Gasteiger partial charge >= 0.3 is 0 Å². The molecule has 3 heterocycles. The van der Waals surface area contributed by atoms with Crippen LogP contribution in [0.25, 0.3) is 17.1 Å². The summed E-state index contributed by atoms with van der Waals surface area (Å²) < 4.78 is 26.6. The molecule has 0 N–H and O–H groups in total. The SMILES string of the molecule is Fc1cccc(-n2c(SCc3noc(-c4ccccc4)n3)nnc2N2CCOCC2)c1. The van der Waals surface area contributed by atoms with E-state index in [1.807, 2.05) is 41.0 Å². The molecule has 0 bridgehead atoms. The quantitative estimate of drug-likeness (QED) is 0.423. The normalized spacial score (nSPS) is 14.2. The summed E-state index contributed by atoms with van der Waals surface area (Å²) in [6, 6.07) is 16.0. The molecule has 10 heteroatoms. The van der Waals surface area contributed by atoms with Crippen LogP contribution in [0.4, 0.5) is 10.3 Å². The summed E-state index contributed by atoms with van der Waals surface area (Å²) in [5.74, 6) is 1.80. The Morgan fingerprint density at radius 1 is 1.00 bits per heavy atom. The van der Waals surface area contributed by atoms with E-state index in [2.05, 4.69) is 25.2 Å². The molecule has 0 atom stereocenters. The zero-order valence-corrected chi connectivity index (χ0v) is 17.3. The molecule has 0 radical (unpaired) electrons. The number of anilines is 1. The lowest BCUT2D eigenvalue weighted by atomic mass is 10.2. The number of hydrogen-bond acceptors (Lipinski definition) is 8. The summed E-state index contributed by atoms with van der Waals surface area (Å²) in [7, 11) is 0. The molecular weight excluding hydrogens is 419 g/mol. The van der Waals surface area contributed by atoms with E-state index in [4.69, 9.17) is 9.26 Å². The minimum absolute atomic E-state index is 0.319. The Hall–Kier alpha value is -3.24. The second-order valence-corrected chi connectivity index (χ2v) is 7.81. The van der Waals surface area contributed by atoms with Gasteiger partial charge in [0.05, 0.1) is 24.7 Å². The van der Waals surface area contributed by atoms with E-state index >= 15 is 0 Å². The molecule has 158 valence electrons. The summed E-state index contributed by atoms with van der Waals surface area (Å²) in [6.45, 7) is 2.63. The van der Waals surface area contributed by atoms with E-state index in [1.54, 1.807) is 6.07 Å². The number of hydrogen-bond donors (Lipinski definition) is 0. The van der Waals surface area contributed by atoms with Gasteiger partial charge < -0.3 is 14.2 Å². The lowest BCUT2D eigenvalue weighted by Crippen LogP contribution is -2.37. The van der Waals surface area contributed by atoms with Crippen LogP contribution in [0.2, 0.25) is 0 Å². The van der Waals surface area contributed by atoms with Crippen molar-refractivity contribution in [1.29, 1.82) is 0 Å². The number of benzene rings is 2. The van der Waals surface area contributed by atoms with E-state index < -0.39 is 0 Å². The molecule has 4 aromatic rings. The predicted molar refractivity (Wildman–Crippen MR) is 114 cm³/mol. The van der Waals surface area contributed by atoms with Crippen molar-refractivity contribution in [3.05, 3.63) is 66.2 Å². The van der Waals surface area contributed by atoms with Crippen molar-refractivity contribution in [1.82, 2.24) is 24.9 Å². The third-order valence-electron chi connectivity index (χ3n) is 4.80. The van der Waals surface area contributed by atoms with Gasteiger partial charge in [-0.15, -0.1) is 10.2 Å². The first-order valence-electron chi connectivity index (χ1n) is 9.83. The standard InChI is InChI=1S/C21H19FN6O2S/c22-16-7-4-8-17(13-16)28-20(27-9-11-29-12-10-27)24-25-21(28)31-14-18-23-19(30-26-18)15-5-2-1-3-6-15/h1-8,13H,9-12,14H2. The Morgan fingerprint density at radius 2 is 1.84 bits per heavy atom. The van der Waals surface area contributed by atoms with Gasteiger partial charge in [-0.25, -0.2) is 4.39 Å². The van der Waals surface area contributed by atoms with Gasteiger partial charge in [0.25, 0.3) is 5.89 Å². The topological polar surface area (TPSA) is 82.1 Å². The first-order valence-corrected chi connectivity index (χ1v) is 10.8. The zero-order chi connectivity index (χ0) is 21.0. The number of thioether (sulfide) groups is 1. The second kappa shape index (κ2) is 8.86. The van der Waals surface area contributed by atoms with Crippen molar-refractivity contribution in [2.45, 2.75) is 10.9 Å². The lowest BCUT2D eigenvalue weighted by Gasteiger charge is -2.27. The molecule has 0 unspecified atom stereocenters. The Kier molecular flexibility index (Phi) is 5.63. The fraction of sp³-hybridized carbons (Fsp3) is 0.238. The summed E-state index contributed by atoms with van der Waals surface area (Å²) >= 11 is 1.42. The van der Waals surface area contributed by atoms with Crippen LogP contribution in [0.5, 0.6) is 0 Å². The Morgan fingerprint density at radius 3 is 2.65 bits per heavy atom. The average molecular weight is 438 g/mol. The number of morpholine rings is 1. The van der Waals surface area contributed by atoms with Gasteiger partial charge in [0, 0.05) is 18.7 Å². The van der Waals surface area contributed by atoms with Crippen molar-refractivity contribution >= 4 is 17.7 Å². The van der Waals surface area contributed by atoms with Gasteiger partial charge in [-0.3, -0.25) is 4.57 Å². The van der Waals surface area contributed by atoms with Crippen LogP contribution in [0.15, 0.2) is 64.3 Å². The maximum Gasteiger partial charge on any atom is 0.257 e. The summed E-state index contributed by atoms with van der Waals surface area (Å²) in [6.07, 6.45) is 0. The largest absolute Gasteiger partial charge is 0.378 e. The van der Waals surface area contributed by atoms with Crippen molar-refractivity contribution in [3.63, 3.8) is 0 Å². The molecule has 0 aliphatic carbocycles. The van der Waals surface area contributed by atoms with Gasteiger partial charge in [-0.05, 0) is 30.3 Å².